The van der Waals surface area contributed by atoms with Gasteiger partial charge in [-0.25, -0.2) is 0 Å². The van der Waals surface area contributed by atoms with E-state index in [1.165, 1.54) is 24.9 Å². The van der Waals surface area contributed by atoms with Crippen molar-refractivity contribution in [2.75, 3.05) is 30.4 Å². The SMILES string of the molecule is CN(Cc1ccc(N2CCCCC2)cc1)C(=O)c1cccc(NC(=O)C(C)(C)C)c1. The molecule has 0 radical (unpaired) electrons. The summed E-state index contributed by atoms with van der Waals surface area (Å²) < 4.78 is 0. The molecule has 0 aliphatic carbocycles. The molecule has 1 aliphatic heterocycles. The number of nitrogens with zero attached hydrogens (tertiary/aromatic N) is 2. The van der Waals surface area contributed by atoms with Gasteiger partial charge < -0.3 is 15.1 Å². The second-order valence-electron chi connectivity index (χ2n) is 9.16. The van der Waals surface area contributed by atoms with Gasteiger partial charge in [-0.05, 0) is 55.2 Å². The van der Waals surface area contributed by atoms with Crippen LogP contribution in [-0.2, 0) is 11.3 Å². The Labute approximate surface area is 180 Å². The minimum Gasteiger partial charge on any atom is -0.372 e. The van der Waals surface area contributed by atoms with Crippen LogP contribution in [-0.4, -0.2) is 36.9 Å². The number of amides is 2. The van der Waals surface area contributed by atoms with E-state index in [-0.39, 0.29) is 11.8 Å². The van der Waals surface area contributed by atoms with Gasteiger partial charge >= 0.3 is 0 Å². The van der Waals surface area contributed by atoms with Crippen molar-refractivity contribution in [3.63, 3.8) is 0 Å². The van der Waals surface area contributed by atoms with Crippen molar-refractivity contribution in [3.8, 4) is 0 Å². The normalized spacial score (nSPS) is 14.3. The topological polar surface area (TPSA) is 52.6 Å². The van der Waals surface area contributed by atoms with Crippen molar-refractivity contribution >= 4 is 23.2 Å². The van der Waals surface area contributed by atoms with Crippen LogP contribution >= 0.6 is 0 Å². The van der Waals surface area contributed by atoms with Crippen LogP contribution < -0.4 is 10.2 Å². The van der Waals surface area contributed by atoms with Gasteiger partial charge in [0.2, 0.25) is 5.91 Å². The molecule has 30 heavy (non-hydrogen) atoms. The van der Waals surface area contributed by atoms with Crippen LogP contribution in [0.25, 0.3) is 0 Å². The van der Waals surface area contributed by atoms with E-state index in [1.54, 1.807) is 36.2 Å². The van der Waals surface area contributed by atoms with Crippen molar-refractivity contribution in [1.82, 2.24) is 4.90 Å². The zero-order valence-electron chi connectivity index (χ0n) is 18.6. The molecule has 0 aromatic heterocycles. The summed E-state index contributed by atoms with van der Waals surface area (Å²) in [5.41, 5.74) is 3.07. The lowest BCUT2D eigenvalue weighted by atomic mass is 9.95. The molecular formula is C25H33N3O2. The fourth-order valence-corrected chi connectivity index (χ4v) is 3.58. The monoisotopic (exact) mass is 407 g/mol. The third-order valence-electron chi connectivity index (χ3n) is 5.47. The van der Waals surface area contributed by atoms with Gasteiger partial charge in [-0.2, -0.15) is 0 Å². The van der Waals surface area contributed by atoms with Gasteiger partial charge in [0, 0.05) is 49.0 Å². The van der Waals surface area contributed by atoms with Crippen LogP contribution in [0.15, 0.2) is 48.5 Å². The maximum atomic E-state index is 12.9. The number of piperidine rings is 1. The molecule has 0 saturated carbocycles. The number of rotatable bonds is 5. The third kappa shape index (κ3) is 5.62. The number of anilines is 2. The average Bonchev–Trinajstić information content (AvgIpc) is 2.74. The summed E-state index contributed by atoms with van der Waals surface area (Å²) in [7, 11) is 1.81. The molecule has 0 spiro atoms. The molecule has 5 nitrogen and oxygen atoms in total. The Morgan fingerprint density at radius 3 is 2.30 bits per heavy atom. The summed E-state index contributed by atoms with van der Waals surface area (Å²) in [4.78, 5) is 29.3. The van der Waals surface area contributed by atoms with Crippen LogP contribution in [0.1, 0.15) is 56.0 Å². The summed E-state index contributed by atoms with van der Waals surface area (Å²) in [6.07, 6.45) is 3.84. The first-order valence-electron chi connectivity index (χ1n) is 10.7. The highest BCUT2D eigenvalue weighted by molar-refractivity contribution is 5.98. The minimum absolute atomic E-state index is 0.0676. The molecule has 3 rings (SSSR count). The standard InChI is InChI=1S/C25H33N3O2/c1-25(2,3)24(30)26-21-10-8-9-20(17-21)23(29)27(4)18-19-11-13-22(14-12-19)28-15-6-5-7-16-28/h8-14,17H,5-7,15-16,18H2,1-4H3,(H,26,30). The largest absolute Gasteiger partial charge is 0.372 e. The molecule has 2 aromatic carbocycles. The lowest BCUT2D eigenvalue weighted by molar-refractivity contribution is -0.123. The van der Waals surface area contributed by atoms with Crippen LogP contribution in [0.5, 0.6) is 0 Å². The number of carbonyl (C=O) groups excluding carboxylic acids is 2. The van der Waals surface area contributed by atoms with Gasteiger partial charge in [-0.3, -0.25) is 9.59 Å². The first-order chi connectivity index (χ1) is 14.2. The highest BCUT2D eigenvalue weighted by atomic mass is 16.2. The van der Waals surface area contributed by atoms with E-state index in [9.17, 15) is 9.59 Å². The lowest BCUT2D eigenvalue weighted by Crippen LogP contribution is -2.29. The molecule has 2 aromatic rings. The predicted octanol–water partition coefficient (Wildman–Crippen LogP) is 4.93. The summed E-state index contributed by atoms with van der Waals surface area (Å²) in [5.74, 6) is -0.142. The molecule has 5 heteroatoms. The first-order valence-corrected chi connectivity index (χ1v) is 10.7. The number of hydrogen-bond donors (Lipinski definition) is 1. The van der Waals surface area contributed by atoms with Gasteiger partial charge in [-0.1, -0.05) is 39.0 Å². The molecule has 2 amide bonds. The minimum atomic E-state index is -0.489. The number of carbonyl (C=O) groups is 2. The van der Waals surface area contributed by atoms with E-state index < -0.39 is 5.41 Å². The van der Waals surface area contributed by atoms with Gasteiger partial charge in [0.1, 0.15) is 0 Å². The van der Waals surface area contributed by atoms with Crippen molar-refractivity contribution in [2.24, 2.45) is 5.41 Å². The van der Waals surface area contributed by atoms with Crippen molar-refractivity contribution in [3.05, 3.63) is 59.7 Å². The van der Waals surface area contributed by atoms with Crippen LogP contribution in [0.4, 0.5) is 11.4 Å². The zero-order chi connectivity index (χ0) is 21.7. The Hall–Kier alpha value is -2.82. The van der Waals surface area contributed by atoms with Gasteiger partial charge in [0.25, 0.3) is 5.91 Å². The number of benzene rings is 2. The molecule has 0 unspecified atom stereocenters. The van der Waals surface area contributed by atoms with Crippen LogP contribution in [0, 0.1) is 5.41 Å². The smallest absolute Gasteiger partial charge is 0.253 e. The predicted molar refractivity (Wildman–Crippen MR) is 123 cm³/mol. The van der Waals surface area contributed by atoms with Crippen LogP contribution in [0.3, 0.4) is 0 Å². The van der Waals surface area contributed by atoms with Crippen molar-refractivity contribution in [1.29, 1.82) is 0 Å². The quantitative estimate of drug-likeness (QED) is 0.764. The first kappa shape index (κ1) is 21.9. The molecule has 0 bridgehead atoms. The molecule has 1 aliphatic rings. The fraction of sp³-hybridized carbons (Fsp3) is 0.440. The molecule has 1 heterocycles. The van der Waals surface area contributed by atoms with E-state index in [4.69, 9.17) is 0 Å². The zero-order valence-corrected chi connectivity index (χ0v) is 18.6. The summed E-state index contributed by atoms with van der Waals surface area (Å²) in [6, 6.07) is 15.6. The van der Waals surface area contributed by atoms with Crippen molar-refractivity contribution < 1.29 is 9.59 Å². The van der Waals surface area contributed by atoms with E-state index in [0.717, 1.165) is 18.7 Å². The second kappa shape index (κ2) is 9.33. The van der Waals surface area contributed by atoms with E-state index in [2.05, 4.69) is 34.5 Å². The third-order valence-corrected chi connectivity index (χ3v) is 5.47. The fourth-order valence-electron chi connectivity index (χ4n) is 3.58. The lowest BCUT2D eigenvalue weighted by Gasteiger charge is -2.29. The highest BCUT2D eigenvalue weighted by Gasteiger charge is 2.21. The Morgan fingerprint density at radius 1 is 1.00 bits per heavy atom. The van der Waals surface area contributed by atoms with E-state index in [1.807, 2.05) is 20.8 Å². The molecule has 0 atom stereocenters. The molecule has 1 fully saturated rings. The Bertz CT molecular complexity index is 878. The summed E-state index contributed by atoms with van der Waals surface area (Å²) in [5, 5.41) is 2.89. The Kier molecular flexibility index (Phi) is 6.80. The maximum absolute atomic E-state index is 12.9. The molecule has 160 valence electrons. The second-order valence-corrected chi connectivity index (χ2v) is 9.16. The average molecular weight is 408 g/mol. The Balaban J connectivity index is 1.63. The molecule has 1 saturated heterocycles. The van der Waals surface area contributed by atoms with Gasteiger partial charge in [0.05, 0.1) is 0 Å². The van der Waals surface area contributed by atoms with E-state index >= 15 is 0 Å². The van der Waals surface area contributed by atoms with E-state index in [0.29, 0.717) is 17.8 Å². The van der Waals surface area contributed by atoms with Crippen molar-refractivity contribution in [2.45, 2.75) is 46.6 Å². The Morgan fingerprint density at radius 2 is 1.67 bits per heavy atom. The summed E-state index contributed by atoms with van der Waals surface area (Å²) >= 11 is 0. The summed E-state index contributed by atoms with van der Waals surface area (Å²) in [6.45, 7) is 8.38. The highest BCUT2D eigenvalue weighted by Crippen LogP contribution is 2.22. The maximum Gasteiger partial charge on any atom is 0.253 e. The number of nitrogens with one attached hydrogen (secondary N) is 1. The van der Waals surface area contributed by atoms with Crippen LogP contribution in [0.2, 0.25) is 0 Å². The molecule has 1 N–H and O–H groups in total. The number of hydrogen-bond acceptors (Lipinski definition) is 3. The van der Waals surface area contributed by atoms with Gasteiger partial charge in [0.15, 0.2) is 0 Å². The van der Waals surface area contributed by atoms with Gasteiger partial charge in [-0.15, -0.1) is 0 Å². The molecular weight excluding hydrogens is 374 g/mol.